The minimum atomic E-state index is -2.94. The number of rotatable bonds is 9. The first-order valence-electron chi connectivity index (χ1n) is 8.20. The van der Waals surface area contributed by atoms with E-state index in [1.54, 1.807) is 0 Å². The molecule has 8 nitrogen and oxygen atoms in total. The summed E-state index contributed by atoms with van der Waals surface area (Å²) in [5, 5.41) is 2.46. The van der Waals surface area contributed by atoms with Crippen molar-refractivity contribution in [1.82, 2.24) is 0 Å². The summed E-state index contributed by atoms with van der Waals surface area (Å²) in [7, 11) is 4.18. The lowest BCUT2D eigenvalue weighted by atomic mass is 10.1. The number of hydrogen-bond acceptors (Lipinski definition) is 7. The van der Waals surface area contributed by atoms with Crippen molar-refractivity contribution in [3.05, 3.63) is 42.0 Å². The number of benzene rings is 2. The molecule has 0 radical (unpaired) electrons. The second-order valence-corrected chi connectivity index (χ2v) is 5.41. The minimum absolute atomic E-state index is 0.0476. The van der Waals surface area contributed by atoms with Crippen LogP contribution < -0.4 is 24.3 Å². The summed E-state index contributed by atoms with van der Waals surface area (Å²) in [6.45, 7) is -3.52. The summed E-state index contributed by atoms with van der Waals surface area (Å²) in [6.07, 6.45) is 0. The molecule has 0 aliphatic heterocycles. The van der Waals surface area contributed by atoms with Crippen LogP contribution in [-0.4, -0.2) is 46.4 Å². The van der Waals surface area contributed by atoms with Crippen molar-refractivity contribution < 1.29 is 42.1 Å². The molecule has 10 heteroatoms. The monoisotopic (exact) mass is 411 g/mol. The Hall–Kier alpha value is -3.56. The molecule has 1 amide bonds. The third-order valence-corrected chi connectivity index (χ3v) is 3.62. The van der Waals surface area contributed by atoms with Crippen molar-refractivity contribution in [2.45, 2.75) is 6.61 Å². The van der Waals surface area contributed by atoms with Crippen molar-refractivity contribution in [2.75, 3.05) is 33.3 Å². The van der Waals surface area contributed by atoms with E-state index >= 15 is 0 Å². The molecule has 0 fully saturated rings. The molecule has 2 aromatic rings. The van der Waals surface area contributed by atoms with Crippen LogP contribution >= 0.6 is 0 Å². The average molecular weight is 411 g/mol. The van der Waals surface area contributed by atoms with Crippen LogP contribution in [0, 0.1) is 0 Å². The molecule has 0 unspecified atom stereocenters. The van der Waals surface area contributed by atoms with Gasteiger partial charge in [0.1, 0.15) is 11.3 Å². The molecule has 1 N–H and O–H groups in total. The Balaban J connectivity index is 1.99. The van der Waals surface area contributed by atoms with E-state index in [2.05, 4.69) is 10.1 Å². The van der Waals surface area contributed by atoms with Gasteiger partial charge < -0.3 is 29.0 Å². The molecule has 2 aromatic carbocycles. The van der Waals surface area contributed by atoms with Gasteiger partial charge in [0.05, 0.1) is 21.3 Å². The van der Waals surface area contributed by atoms with Crippen LogP contribution in [0.5, 0.6) is 23.0 Å². The number of anilines is 1. The zero-order chi connectivity index (χ0) is 21.4. The van der Waals surface area contributed by atoms with Gasteiger partial charge in [-0.05, 0) is 36.4 Å². The largest absolute Gasteiger partial charge is 0.493 e. The highest BCUT2D eigenvalue weighted by Crippen LogP contribution is 2.39. The number of ether oxygens (including phenoxy) is 5. The lowest BCUT2D eigenvalue weighted by Crippen LogP contribution is -2.21. The molecule has 0 spiro atoms. The number of methoxy groups -OCH3 is 3. The fraction of sp³-hybridized carbons (Fsp3) is 0.263. The average Bonchev–Trinajstić information content (AvgIpc) is 2.71. The molecule has 156 valence electrons. The second-order valence-electron chi connectivity index (χ2n) is 5.41. The predicted octanol–water partition coefficient (Wildman–Crippen LogP) is 3.11. The number of nitrogens with one attached hydrogen (secondary N) is 1. The maximum absolute atomic E-state index is 12.3. The van der Waals surface area contributed by atoms with Crippen molar-refractivity contribution in [1.29, 1.82) is 0 Å². The first-order chi connectivity index (χ1) is 13.9. The molecule has 0 atom stereocenters. The lowest BCUT2D eigenvalue weighted by molar-refractivity contribution is -0.119. The van der Waals surface area contributed by atoms with Crippen LogP contribution in [0.3, 0.4) is 0 Å². The maximum atomic E-state index is 12.3. The van der Waals surface area contributed by atoms with Gasteiger partial charge in [-0.15, -0.1) is 0 Å². The Morgan fingerprint density at radius 1 is 0.931 bits per heavy atom. The number of esters is 1. The lowest BCUT2D eigenvalue weighted by Gasteiger charge is -2.15. The number of halogens is 2. The first kappa shape index (κ1) is 21.7. The highest BCUT2D eigenvalue weighted by atomic mass is 19.3. The summed E-state index contributed by atoms with van der Waals surface area (Å²) in [6, 6.07) is 8.19. The van der Waals surface area contributed by atoms with Gasteiger partial charge in [0.2, 0.25) is 5.75 Å². The fourth-order valence-electron chi connectivity index (χ4n) is 2.39. The third-order valence-electron chi connectivity index (χ3n) is 3.62. The topological polar surface area (TPSA) is 92.3 Å². The molecule has 0 bridgehead atoms. The molecule has 0 heterocycles. The summed E-state index contributed by atoms with van der Waals surface area (Å²) in [5.41, 5.74) is 0.364. The normalized spacial score (nSPS) is 10.3. The van der Waals surface area contributed by atoms with Crippen molar-refractivity contribution in [3.63, 3.8) is 0 Å². The van der Waals surface area contributed by atoms with Crippen LogP contribution in [0.15, 0.2) is 36.4 Å². The van der Waals surface area contributed by atoms with Gasteiger partial charge >= 0.3 is 12.6 Å². The molecular formula is C19H19F2NO7. The predicted molar refractivity (Wildman–Crippen MR) is 98.1 cm³/mol. The summed E-state index contributed by atoms with van der Waals surface area (Å²) < 4.78 is 49.0. The molecule has 2 rings (SSSR count). The van der Waals surface area contributed by atoms with E-state index < -0.39 is 25.1 Å². The van der Waals surface area contributed by atoms with E-state index in [-0.39, 0.29) is 22.8 Å². The second kappa shape index (κ2) is 10.1. The van der Waals surface area contributed by atoms with Gasteiger partial charge in [0.25, 0.3) is 5.91 Å². The van der Waals surface area contributed by atoms with E-state index in [4.69, 9.17) is 18.9 Å². The number of carbonyl (C=O) groups is 2. The quantitative estimate of drug-likeness (QED) is 0.634. The Bertz CT molecular complexity index is 856. The van der Waals surface area contributed by atoms with Crippen molar-refractivity contribution in [2.24, 2.45) is 0 Å². The van der Waals surface area contributed by atoms with Crippen LogP contribution in [0.2, 0.25) is 0 Å². The summed E-state index contributed by atoms with van der Waals surface area (Å²) in [4.78, 5) is 24.3. The smallest absolute Gasteiger partial charge is 0.387 e. The number of amides is 1. The Morgan fingerprint density at radius 3 is 2.14 bits per heavy atom. The molecule has 0 saturated carbocycles. The van der Waals surface area contributed by atoms with E-state index in [0.717, 1.165) is 0 Å². The van der Waals surface area contributed by atoms with Gasteiger partial charge in [-0.2, -0.15) is 8.78 Å². The van der Waals surface area contributed by atoms with Gasteiger partial charge in [-0.1, -0.05) is 0 Å². The van der Waals surface area contributed by atoms with E-state index in [1.807, 2.05) is 0 Å². The first-order valence-corrected chi connectivity index (χ1v) is 8.20. The highest BCUT2D eigenvalue weighted by molar-refractivity contribution is 5.97. The Kier molecular flexibility index (Phi) is 7.58. The SMILES string of the molecule is COc1ccc(C(=O)OCC(=O)Nc2ccc(OC(F)F)cc2)c(OC)c1OC. The van der Waals surface area contributed by atoms with E-state index in [0.29, 0.717) is 11.4 Å². The highest BCUT2D eigenvalue weighted by Gasteiger charge is 2.22. The number of alkyl halides is 2. The minimum Gasteiger partial charge on any atom is -0.493 e. The third kappa shape index (κ3) is 5.71. The molecule has 29 heavy (non-hydrogen) atoms. The Labute approximate surface area is 165 Å². The fourth-order valence-corrected chi connectivity index (χ4v) is 2.39. The van der Waals surface area contributed by atoms with Gasteiger partial charge in [-0.3, -0.25) is 4.79 Å². The van der Waals surface area contributed by atoms with Crippen molar-refractivity contribution >= 4 is 17.6 Å². The van der Waals surface area contributed by atoms with Crippen LogP contribution in [0.4, 0.5) is 14.5 Å². The summed E-state index contributed by atoms with van der Waals surface area (Å²) >= 11 is 0. The van der Waals surface area contributed by atoms with Gasteiger partial charge in [0, 0.05) is 5.69 Å². The molecule has 0 aliphatic rings. The number of hydrogen-bond donors (Lipinski definition) is 1. The van der Waals surface area contributed by atoms with Gasteiger partial charge in [-0.25, -0.2) is 4.79 Å². The molecule has 0 aromatic heterocycles. The Morgan fingerprint density at radius 2 is 1.59 bits per heavy atom. The van der Waals surface area contributed by atoms with Gasteiger partial charge in [0.15, 0.2) is 18.1 Å². The van der Waals surface area contributed by atoms with Crippen LogP contribution in [-0.2, 0) is 9.53 Å². The molecule has 0 aliphatic carbocycles. The van der Waals surface area contributed by atoms with Crippen molar-refractivity contribution in [3.8, 4) is 23.0 Å². The zero-order valence-electron chi connectivity index (χ0n) is 15.9. The van der Waals surface area contributed by atoms with E-state index in [9.17, 15) is 18.4 Å². The van der Waals surface area contributed by atoms with Crippen LogP contribution in [0.1, 0.15) is 10.4 Å². The molecule has 0 saturated heterocycles. The van der Waals surface area contributed by atoms with Crippen LogP contribution in [0.25, 0.3) is 0 Å². The number of carbonyl (C=O) groups excluding carboxylic acids is 2. The maximum Gasteiger partial charge on any atom is 0.387 e. The standard InChI is InChI=1S/C19H19F2NO7/c1-25-14-9-8-13(16(26-2)17(14)27-3)18(24)28-10-15(23)22-11-4-6-12(7-5-11)29-19(20)21/h4-9,19H,10H2,1-3H3,(H,22,23). The summed E-state index contributed by atoms with van der Waals surface area (Å²) in [5.74, 6) is -0.811. The zero-order valence-corrected chi connectivity index (χ0v) is 15.9. The molecular weight excluding hydrogens is 392 g/mol. The van der Waals surface area contributed by atoms with E-state index in [1.165, 1.54) is 57.7 Å².